The van der Waals surface area contributed by atoms with Gasteiger partial charge in [-0.05, 0) is 30.8 Å². The molecule has 6 heteroatoms. The molecular formula is C15H13F2N3O. The Bertz CT molecular complexity index is 786. The molecule has 21 heavy (non-hydrogen) atoms. The van der Waals surface area contributed by atoms with Gasteiger partial charge >= 0.3 is 0 Å². The van der Waals surface area contributed by atoms with Crippen molar-refractivity contribution in [2.45, 2.75) is 6.42 Å². The first-order valence-electron chi connectivity index (χ1n) is 6.48. The van der Waals surface area contributed by atoms with Crippen LogP contribution in [0.5, 0.6) is 11.6 Å². The van der Waals surface area contributed by atoms with E-state index in [2.05, 4.69) is 4.98 Å². The average molecular weight is 289 g/mol. The average Bonchev–Trinajstić information content (AvgIpc) is 2.81. The number of imidazole rings is 1. The maximum atomic E-state index is 13.7. The molecule has 108 valence electrons. The van der Waals surface area contributed by atoms with Crippen molar-refractivity contribution < 1.29 is 13.5 Å². The lowest BCUT2D eigenvalue weighted by Crippen LogP contribution is -2.06. The Labute approximate surface area is 119 Å². The molecule has 0 bridgehead atoms. The largest absolute Gasteiger partial charge is 0.434 e. The van der Waals surface area contributed by atoms with Crippen molar-refractivity contribution in [2.75, 3.05) is 6.54 Å². The van der Waals surface area contributed by atoms with E-state index in [0.29, 0.717) is 18.6 Å². The zero-order valence-corrected chi connectivity index (χ0v) is 11.1. The van der Waals surface area contributed by atoms with E-state index in [1.54, 1.807) is 0 Å². The van der Waals surface area contributed by atoms with Crippen molar-refractivity contribution in [1.29, 1.82) is 0 Å². The Kier molecular flexibility index (Phi) is 3.53. The van der Waals surface area contributed by atoms with E-state index >= 15 is 0 Å². The van der Waals surface area contributed by atoms with Crippen LogP contribution in [0.1, 0.15) is 5.69 Å². The summed E-state index contributed by atoms with van der Waals surface area (Å²) in [5, 5.41) is 0. The Balaban J connectivity index is 2.05. The van der Waals surface area contributed by atoms with Gasteiger partial charge in [-0.3, -0.25) is 0 Å². The third-order valence-electron chi connectivity index (χ3n) is 3.07. The van der Waals surface area contributed by atoms with Crippen LogP contribution in [-0.2, 0) is 6.42 Å². The van der Waals surface area contributed by atoms with Crippen LogP contribution < -0.4 is 10.5 Å². The fourth-order valence-electron chi connectivity index (χ4n) is 2.13. The van der Waals surface area contributed by atoms with Crippen molar-refractivity contribution in [1.82, 2.24) is 9.38 Å². The summed E-state index contributed by atoms with van der Waals surface area (Å²) >= 11 is 0. The zero-order chi connectivity index (χ0) is 14.8. The highest BCUT2D eigenvalue weighted by Gasteiger charge is 2.15. The van der Waals surface area contributed by atoms with Gasteiger partial charge in [0.1, 0.15) is 11.5 Å². The molecule has 0 saturated carbocycles. The molecule has 0 radical (unpaired) electrons. The van der Waals surface area contributed by atoms with Crippen LogP contribution in [0.3, 0.4) is 0 Å². The number of fused-ring (bicyclic) bond motifs is 1. The molecule has 2 aromatic heterocycles. The van der Waals surface area contributed by atoms with Gasteiger partial charge in [-0.25, -0.2) is 8.78 Å². The maximum absolute atomic E-state index is 13.7. The van der Waals surface area contributed by atoms with Crippen LogP contribution in [0, 0.1) is 11.6 Å². The molecule has 3 rings (SSSR count). The van der Waals surface area contributed by atoms with Crippen molar-refractivity contribution in [2.24, 2.45) is 5.73 Å². The number of nitrogens with zero attached hydrogens (tertiary/aromatic N) is 2. The van der Waals surface area contributed by atoms with Crippen LogP contribution in [0.25, 0.3) is 5.65 Å². The van der Waals surface area contributed by atoms with E-state index in [0.717, 1.165) is 17.8 Å². The molecule has 2 N–H and O–H groups in total. The second kappa shape index (κ2) is 5.49. The van der Waals surface area contributed by atoms with E-state index in [-0.39, 0.29) is 11.6 Å². The first-order valence-corrected chi connectivity index (χ1v) is 6.48. The van der Waals surface area contributed by atoms with Gasteiger partial charge in [0.15, 0.2) is 11.6 Å². The molecule has 0 amide bonds. The maximum Gasteiger partial charge on any atom is 0.241 e. The highest BCUT2D eigenvalue weighted by atomic mass is 19.1. The third-order valence-corrected chi connectivity index (χ3v) is 3.07. The van der Waals surface area contributed by atoms with E-state index in [9.17, 15) is 8.78 Å². The second-order valence-electron chi connectivity index (χ2n) is 4.51. The van der Waals surface area contributed by atoms with Gasteiger partial charge in [0, 0.05) is 18.7 Å². The number of ether oxygens (including phenoxy) is 1. The van der Waals surface area contributed by atoms with Crippen molar-refractivity contribution in [3.05, 3.63) is 59.9 Å². The SMILES string of the molecule is NCCc1c(Oc2ccc(F)cc2F)nc2ccccn12. The topological polar surface area (TPSA) is 52.5 Å². The van der Waals surface area contributed by atoms with E-state index in [4.69, 9.17) is 10.5 Å². The van der Waals surface area contributed by atoms with Crippen molar-refractivity contribution in [3.8, 4) is 11.6 Å². The molecule has 0 atom stereocenters. The third kappa shape index (κ3) is 2.57. The lowest BCUT2D eigenvalue weighted by atomic mass is 10.3. The highest BCUT2D eigenvalue weighted by molar-refractivity contribution is 5.47. The van der Waals surface area contributed by atoms with Crippen LogP contribution in [0.2, 0.25) is 0 Å². The van der Waals surface area contributed by atoms with Gasteiger partial charge in [0.2, 0.25) is 5.88 Å². The van der Waals surface area contributed by atoms with Crippen LogP contribution in [-0.4, -0.2) is 15.9 Å². The summed E-state index contributed by atoms with van der Waals surface area (Å²) in [7, 11) is 0. The molecule has 0 spiro atoms. The summed E-state index contributed by atoms with van der Waals surface area (Å²) in [6, 6.07) is 8.66. The first kappa shape index (κ1) is 13.5. The summed E-state index contributed by atoms with van der Waals surface area (Å²) in [6.07, 6.45) is 2.37. The Morgan fingerprint density at radius 3 is 2.81 bits per heavy atom. The molecule has 0 aliphatic heterocycles. The molecule has 0 aliphatic carbocycles. The number of hydrogen-bond donors (Lipinski definition) is 1. The van der Waals surface area contributed by atoms with Crippen LogP contribution in [0.4, 0.5) is 8.78 Å². The molecule has 2 heterocycles. The van der Waals surface area contributed by atoms with E-state index < -0.39 is 11.6 Å². The van der Waals surface area contributed by atoms with Gasteiger partial charge in [0.05, 0.1) is 5.69 Å². The van der Waals surface area contributed by atoms with Gasteiger partial charge in [-0.1, -0.05) is 6.07 Å². The minimum atomic E-state index is -0.772. The Morgan fingerprint density at radius 2 is 2.05 bits per heavy atom. The number of rotatable bonds is 4. The molecule has 0 aliphatic rings. The summed E-state index contributed by atoms with van der Waals surface area (Å²) in [5.74, 6) is -1.22. The molecule has 0 unspecified atom stereocenters. The number of benzene rings is 1. The number of aromatic nitrogens is 2. The fourth-order valence-corrected chi connectivity index (χ4v) is 2.13. The smallest absolute Gasteiger partial charge is 0.241 e. The summed E-state index contributed by atoms with van der Waals surface area (Å²) in [4.78, 5) is 4.31. The van der Waals surface area contributed by atoms with Gasteiger partial charge in [0.25, 0.3) is 0 Å². The lowest BCUT2D eigenvalue weighted by molar-refractivity contribution is 0.421. The standard InChI is InChI=1S/C15H13F2N3O/c16-10-4-5-13(11(17)9-10)21-15-12(6-7-18)20-8-2-1-3-14(20)19-15/h1-5,8-9H,6-7,18H2. The first-order chi connectivity index (χ1) is 10.2. The highest BCUT2D eigenvalue weighted by Crippen LogP contribution is 2.28. The normalized spacial score (nSPS) is 11.0. The monoisotopic (exact) mass is 289 g/mol. The van der Waals surface area contributed by atoms with Crippen molar-refractivity contribution in [3.63, 3.8) is 0 Å². The fraction of sp³-hybridized carbons (Fsp3) is 0.133. The number of halogens is 2. The van der Waals surface area contributed by atoms with E-state index in [1.165, 1.54) is 6.07 Å². The molecule has 0 fully saturated rings. The minimum Gasteiger partial charge on any atom is -0.434 e. The lowest BCUT2D eigenvalue weighted by Gasteiger charge is -2.06. The summed E-state index contributed by atoms with van der Waals surface area (Å²) in [6.45, 7) is 0.408. The molecular weight excluding hydrogens is 276 g/mol. The predicted molar refractivity (Wildman–Crippen MR) is 74.4 cm³/mol. The number of hydrogen-bond acceptors (Lipinski definition) is 3. The van der Waals surface area contributed by atoms with Crippen molar-refractivity contribution >= 4 is 5.65 Å². The van der Waals surface area contributed by atoms with Gasteiger partial charge in [-0.2, -0.15) is 4.98 Å². The summed E-state index contributed by atoms with van der Waals surface area (Å²) < 4.78 is 33.9. The molecule has 1 aromatic carbocycles. The number of nitrogens with two attached hydrogens (primary N) is 1. The molecule has 3 aromatic rings. The number of pyridine rings is 1. The molecule has 4 nitrogen and oxygen atoms in total. The quantitative estimate of drug-likeness (QED) is 0.803. The zero-order valence-electron chi connectivity index (χ0n) is 11.1. The predicted octanol–water partition coefficient (Wildman–Crippen LogP) is 2.91. The molecule has 0 saturated heterocycles. The minimum absolute atomic E-state index is 0.0712. The van der Waals surface area contributed by atoms with Crippen LogP contribution >= 0.6 is 0 Å². The Morgan fingerprint density at radius 1 is 1.19 bits per heavy atom. The van der Waals surface area contributed by atoms with E-state index in [1.807, 2.05) is 28.8 Å². The Hall–Kier alpha value is -2.47. The summed E-state index contributed by atoms with van der Waals surface area (Å²) in [5.41, 5.74) is 7.03. The van der Waals surface area contributed by atoms with Gasteiger partial charge in [-0.15, -0.1) is 0 Å². The van der Waals surface area contributed by atoms with Crippen LogP contribution in [0.15, 0.2) is 42.6 Å². The van der Waals surface area contributed by atoms with Gasteiger partial charge < -0.3 is 14.9 Å². The second-order valence-corrected chi connectivity index (χ2v) is 4.51.